The van der Waals surface area contributed by atoms with Crippen LogP contribution in [0.15, 0.2) is 35.7 Å². The molecule has 0 spiro atoms. The zero-order chi connectivity index (χ0) is 18.4. The van der Waals surface area contributed by atoms with Gasteiger partial charge < -0.3 is 15.7 Å². The maximum absolute atomic E-state index is 12.7. The number of carbonyl (C=O) groups is 1. The van der Waals surface area contributed by atoms with E-state index in [2.05, 4.69) is 27.8 Å². The van der Waals surface area contributed by atoms with Crippen LogP contribution in [0.5, 0.6) is 0 Å². The van der Waals surface area contributed by atoms with Gasteiger partial charge in [-0.3, -0.25) is 4.79 Å². The molecule has 0 radical (unpaired) electrons. The van der Waals surface area contributed by atoms with Gasteiger partial charge in [0.2, 0.25) is 0 Å². The van der Waals surface area contributed by atoms with Gasteiger partial charge in [0, 0.05) is 18.0 Å². The van der Waals surface area contributed by atoms with Crippen molar-refractivity contribution in [3.05, 3.63) is 47.0 Å². The molecule has 2 atom stereocenters. The van der Waals surface area contributed by atoms with Crippen LogP contribution in [0.4, 0.5) is 5.13 Å². The number of carbonyl (C=O) groups excluding carboxylic acids is 1. The number of amides is 1. The zero-order valence-electron chi connectivity index (χ0n) is 15.2. The highest BCUT2D eigenvalue weighted by Gasteiger charge is 2.55. The largest absolute Gasteiger partial charge is 0.390 e. The lowest BCUT2D eigenvalue weighted by Crippen LogP contribution is -2.61. The van der Waals surface area contributed by atoms with Crippen LogP contribution in [0, 0.1) is 17.8 Å². The number of anilines is 1. The normalized spacial score (nSPS) is 33.8. The van der Waals surface area contributed by atoms with Gasteiger partial charge in [0.15, 0.2) is 5.13 Å². The molecule has 6 rings (SSSR count). The number of benzene rings is 1. The number of nitrogens with one attached hydrogen (secondary N) is 2. The molecule has 142 valence electrons. The fourth-order valence-electron chi connectivity index (χ4n) is 5.68. The minimum absolute atomic E-state index is 0.0801. The van der Waals surface area contributed by atoms with Crippen molar-refractivity contribution in [1.29, 1.82) is 0 Å². The predicted octanol–water partition coefficient (Wildman–Crippen LogP) is 3.42. The van der Waals surface area contributed by atoms with Crippen LogP contribution in [0.3, 0.4) is 0 Å². The first-order valence-corrected chi connectivity index (χ1v) is 10.7. The van der Waals surface area contributed by atoms with Crippen LogP contribution in [-0.2, 0) is 6.54 Å². The van der Waals surface area contributed by atoms with Crippen LogP contribution in [0.25, 0.3) is 0 Å². The number of hydrogen-bond donors (Lipinski definition) is 3. The topological polar surface area (TPSA) is 74.2 Å². The zero-order valence-corrected chi connectivity index (χ0v) is 16.0. The molecule has 27 heavy (non-hydrogen) atoms. The van der Waals surface area contributed by atoms with Crippen LogP contribution in [0.2, 0.25) is 0 Å². The summed E-state index contributed by atoms with van der Waals surface area (Å²) < 4.78 is 0. The van der Waals surface area contributed by atoms with E-state index in [4.69, 9.17) is 0 Å². The van der Waals surface area contributed by atoms with Gasteiger partial charge in [0.1, 0.15) is 5.69 Å². The summed E-state index contributed by atoms with van der Waals surface area (Å²) in [6, 6.07) is 10.3. The first-order valence-electron chi connectivity index (χ1n) is 9.84. The number of nitrogens with zero attached hydrogens (tertiary/aromatic N) is 1. The standard InChI is InChI=1S/C21H25N3O2S/c25-19(17-12-27-20(23-17)22-11-13-4-2-1-3-5-13)24-18-15-6-14-7-16(18)10-21(26,8-14)9-15/h1-5,12,14-16,18,26H,6-11H2,(H,22,23)(H,24,25). The Morgan fingerprint density at radius 1 is 1.19 bits per heavy atom. The van der Waals surface area contributed by atoms with Crippen molar-refractivity contribution in [3.8, 4) is 0 Å². The molecule has 2 unspecified atom stereocenters. The van der Waals surface area contributed by atoms with E-state index in [1.54, 1.807) is 0 Å². The van der Waals surface area contributed by atoms with E-state index in [-0.39, 0.29) is 11.9 Å². The van der Waals surface area contributed by atoms with Gasteiger partial charge in [-0.1, -0.05) is 30.3 Å². The van der Waals surface area contributed by atoms with Gasteiger partial charge >= 0.3 is 0 Å². The molecule has 2 aromatic rings. The van der Waals surface area contributed by atoms with Gasteiger partial charge in [-0.25, -0.2) is 4.98 Å². The summed E-state index contributed by atoms with van der Waals surface area (Å²) in [6.45, 7) is 0.697. The molecule has 4 aliphatic rings. The summed E-state index contributed by atoms with van der Waals surface area (Å²) in [4.78, 5) is 17.2. The maximum atomic E-state index is 12.7. The molecule has 4 aliphatic carbocycles. The van der Waals surface area contributed by atoms with Crippen molar-refractivity contribution < 1.29 is 9.90 Å². The quantitative estimate of drug-likeness (QED) is 0.740. The highest BCUT2D eigenvalue weighted by atomic mass is 32.1. The lowest BCUT2D eigenvalue weighted by molar-refractivity contribution is -0.136. The van der Waals surface area contributed by atoms with E-state index in [9.17, 15) is 9.90 Å². The van der Waals surface area contributed by atoms with Crippen molar-refractivity contribution in [2.24, 2.45) is 17.8 Å². The Labute approximate surface area is 163 Å². The van der Waals surface area contributed by atoms with Crippen LogP contribution in [0.1, 0.15) is 48.2 Å². The fraction of sp³-hybridized carbons (Fsp3) is 0.524. The van der Waals surface area contributed by atoms with Crippen molar-refractivity contribution in [3.63, 3.8) is 0 Å². The summed E-state index contributed by atoms with van der Waals surface area (Å²) in [5.41, 5.74) is 1.21. The number of thiazole rings is 1. The van der Waals surface area contributed by atoms with Crippen molar-refractivity contribution in [2.75, 3.05) is 5.32 Å². The summed E-state index contributed by atoms with van der Waals surface area (Å²) in [7, 11) is 0. The maximum Gasteiger partial charge on any atom is 0.271 e. The lowest BCUT2D eigenvalue weighted by atomic mass is 9.52. The number of hydrogen-bond acceptors (Lipinski definition) is 5. The fourth-order valence-corrected chi connectivity index (χ4v) is 6.36. The summed E-state index contributed by atoms with van der Waals surface area (Å²) >= 11 is 1.46. The summed E-state index contributed by atoms with van der Waals surface area (Å²) in [5.74, 6) is 1.40. The molecule has 6 heteroatoms. The van der Waals surface area contributed by atoms with Gasteiger partial charge in [0.25, 0.3) is 5.91 Å². The molecule has 5 nitrogen and oxygen atoms in total. The highest BCUT2D eigenvalue weighted by Crippen LogP contribution is 2.55. The Balaban J connectivity index is 1.21. The second-order valence-corrected chi connectivity index (χ2v) is 9.43. The molecule has 1 aromatic carbocycles. The van der Waals surface area contributed by atoms with Gasteiger partial charge in [-0.05, 0) is 55.4 Å². The Morgan fingerprint density at radius 2 is 1.93 bits per heavy atom. The van der Waals surface area contributed by atoms with Gasteiger partial charge in [-0.2, -0.15) is 0 Å². The summed E-state index contributed by atoms with van der Waals surface area (Å²) in [5, 5.41) is 19.8. The SMILES string of the molecule is O=C(NC1C2CC3CC1CC(O)(C3)C2)c1csc(NCc2ccccc2)n1. The third-order valence-corrected chi connectivity index (χ3v) is 7.36. The Hall–Kier alpha value is -1.92. The average Bonchev–Trinajstić information content (AvgIpc) is 3.12. The van der Waals surface area contributed by atoms with E-state index < -0.39 is 5.60 Å². The van der Waals surface area contributed by atoms with E-state index in [1.807, 2.05) is 23.6 Å². The molecule has 0 saturated heterocycles. The van der Waals surface area contributed by atoms with Gasteiger partial charge in [0.05, 0.1) is 5.60 Å². The Bertz CT molecular complexity index is 821. The second kappa shape index (κ2) is 6.60. The monoisotopic (exact) mass is 383 g/mol. The smallest absolute Gasteiger partial charge is 0.271 e. The van der Waals surface area contributed by atoms with E-state index in [0.717, 1.165) is 37.2 Å². The van der Waals surface area contributed by atoms with E-state index in [1.165, 1.54) is 16.9 Å². The van der Waals surface area contributed by atoms with Crippen molar-refractivity contribution in [1.82, 2.24) is 10.3 Å². The van der Waals surface area contributed by atoms with E-state index >= 15 is 0 Å². The van der Waals surface area contributed by atoms with Crippen molar-refractivity contribution >= 4 is 22.4 Å². The molecule has 1 aromatic heterocycles. The third-order valence-electron chi connectivity index (χ3n) is 6.56. The first kappa shape index (κ1) is 17.2. The molecule has 1 heterocycles. The van der Waals surface area contributed by atoms with Crippen LogP contribution < -0.4 is 10.6 Å². The van der Waals surface area contributed by atoms with Crippen LogP contribution in [-0.4, -0.2) is 27.6 Å². The molecule has 0 aliphatic heterocycles. The minimum atomic E-state index is -0.465. The van der Waals surface area contributed by atoms with E-state index in [0.29, 0.717) is 30.0 Å². The molecule has 1 amide bonds. The molecule has 4 saturated carbocycles. The highest BCUT2D eigenvalue weighted by molar-refractivity contribution is 7.13. The number of aliphatic hydroxyl groups is 1. The predicted molar refractivity (Wildman–Crippen MR) is 106 cm³/mol. The molecule has 3 N–H and O–H groups in total. The molecular weight excluding hydrogens is 358 g/mol. The Kier molecular flexibility index (Phi) is 4.20. The second-order valence-electron chi connectivity index (χ2n) is 8.57. The van der Waals surface area contributed by atoms with Gasteiger partial charge in [-0.15, -0.1) is 11.3 Å². The lowest BCUT2D eigenvalue weighted by Gasteiger charge is -2.58. The summed E-state index contributed by atoms with van der Waals surface area (Å²) in [6.07, 6.45) is 4.93. The molecule has 4 fully saturated rings. The minimum Gasteiger partial charge on any atom is -0.390 e. The number of rotatable bonds is 5. The Morgan fingerprint density at radius 3 is 2.63 bits per heavy atom. The van der Waals surface area contributed by atoms with Crippen molar-refractivity contribution in [2.45, 2.75) is 50.3 Å². The first-order chi connectivity index (χ1) is 13.1. The third kappa shape index (κ3) is 3.36. The average molecular weight is 384 g/mol. The van der Waals surface area contributed by atoms with Crippen LogP contribution >= 0.6 is 11.3 Å². The molecule has 4 bridgehead atoms. The molecular formula is C21H25N3O2S. The number of aromatic nitrogens is 1.